The smallest absolute Gasteiger partial charge is 0.418 e. The number of aliphatic carboxylic acids is 1. The summed E-state index contributed by atoms with van der Waals surface area (Å²) in [5, 5.41) is 8.73. The zero-order chi connectivity index (χ0) is 14.8. The highest BCUT2D eigenvalue weighted by Gasteiger charge is 2.35. The number of carboxylic acids is 1. The van der Waals surface area contributed by atoms with Crippen molar-refractivity contribution >= 4 is 11.7 Å². The number of morpholine rings is 1. The Kier molecular flexibility index (Phi) is 4.17. The van der Waals surface area contributed by atoms with Gasteiger partial charge in [-0.15, -0.1) is 0 Å². The molecule has 1 fully saturated rings. The molecule has 0 spiro atoms. The van der Waals surface area contributed by atoms with Crippen molar-refractivity contribution < 1.29 is 27.8 Å². The maximum absolute atomic E-state index is 13.0. The molecule has 4 nitrogen and oxygen atoms in total. The summed E-state index contributed by atoms with van der Waals surface area (Å²) in [6.07, 6.45) is -5.25. The van der Waals surface area contributed by atoms with Gasteiger partial charge in [-0.3, -0.25) is 4.79 Å². The van der Waals surface area contributed by atoms with E-state index >= 15 is 0 Å². The molecule has 0 aliphatic carbocycles. The molecule has 1 aliphatic heterocycles. The molecule has 2 rings (SSSR count). The van der Waals surface area contributed by atoms with Gasteiger partial charge in [0.05, 0.1) is 24.7 Å². The second kappa shape index (κ2) is 5.70. The fourth-order valence-electron chi connectivity index (χ4n) is 2.25. The minimum absolute atomic E-state index is 0.0682. The molecule has 0 bridgehead atoms. The number of hydrogen-bond acceptors (Lipinski definition) is 3. The molecule has 1 atom stereocenters. The number of ether oxygens (including phenoxy) is 1. The first-order valence-electron chi connectivity index (χ1n) is 6.12. The number of alkyl halides is 3. The topological polar surface area (TPSA) is 49.8 Å². The summed E-state index contributed by atoms with van der Waals surface area (Å²) < 4.78 is 44.1. The van der Waals surface area contributed by atoms with Crippen molar-refractivity contribution in [2.24, 2.45) is 0 Å². The lowest BCUT2D eigenvalue weighted by Gasteiger charge is -2.35. The molecule has 1 unspecified atom stereocenters. The third kappa shape index (κ3) is 3.41. The molecule has 0 aromatic heterocycles. The van der Waals surface area contributed by atoms with E-state index in [1.165, 1.54) is 23.1 Å². The summed E-state index contributed by atoms with van der Waals surface area (Å²) >= 11 is 0. The van der Waals surface area contributed by atoms with Crippen LogP contribution in [0.15, 0.2) is 24.3 Å². The molecule has 110 valence electrons. The van der Waals surface area contributed by atoms with Gasteiger partial charge in [0.15, 0.2) is 0 Å². The molecule has 7 heteroatoms. The van der Waals surface area contributed by atoms with Gasteiger partial charge in [0.25, 0.3) is 0 Å². The van der Waals surface area contributed by atoms with Gasteiger partial charge in [-0.2, -0.15) is 13.2 Å². The minimum atomic E-state index is -4.43. The monoisotopic (exact) mass is 289 g/mol. The molecular weight excluding hydrogens is 275 g/mol. The lowest BCUT2D eigenvalue weighted by atomic mass is 10.1. The number of hydrogen-bond donors (Lipinski definition) is 1. The summed E-state index contributed by atoms with van der Waals surface area (Å²) in [5.74, 6) is -1.03. The third-order valence-corrected chi connectivity index (χ3v) is 3.09. The lowest BCUT2D eigenvalue weighted by Crippen LogP contribution is -2.44. The number of anilines is 1. The van der Waals surface area contributed by atoms with Crippen molar-refractivity contribution in [2.75, 3.05) is 24.6 Å². The highest BCUT2D eigenvalue weighted by atomic mass is 19.4. The number of carbonyl (C=O) groups is 1. The summed E-state index contributed by atoms with van der Waals surface area (Å²) in [4.78, 5) is 12.2. The van der Waals surface area contributed by atoms with E-state index in [4.69, 9.17) is 9.84 Å². The molecule has 0 saturated carbocycles. The van der Waals surface area contributed by atoms with Crippen molar-refractivity contribution in [2.45, 2.75) is 18.7 Å². The molecule has 20 heavy (non-hydrogen) atoms. The van der Waals surface area contributed by atoms with Crippen LogP contribution >= 0.6 is 0 Å². The van der Waals surface area contributed by atoms with Crippen LogP contribution in [0.1, 0.15) is 12.0 Å². The Labute approximate surface area is 113 Å². The number of halogens is 3. The highest BCUT2D eigenvalue weighted by molar-refractivity contribution is 5.67. The van der Waals surface area contributed by atoms with Crippen LogP contribution < -0.4 is 4.90 Å². The summed E-state index contributed by atoms with van der Waals surface area (Å²) in [6, 6.07) is 5.29. The first kappa shape index (κ1) is 14.6. The van der Waals surface area contributed by atoms with E-state index in [9.17, 15) is 18.0 Å². The SMILES string of the molecule is O=C(O)CC1CN(c2ccccc2C(F)(F)F)CCO1. The average Bonchev–Trinajstić information content (AvgIpc) is 2.37. The standard InChI is InChI=1S/C13H14F3NO3/c14-13(15,16)10-3-1-2-4-11(10)17-5-6-20-9(8-17)7-12(18)19/h1-4,9H,5-8H2,(H,18,19). The van der Waals surface area contributed by atoms with Crippen LogP contribution in [0, 0.1) is 0 Å². The van der Waals surface area contributed by atoms with Gasteiger partial charge in [-0.25, -0.2) is 0 Å². The molecule has 1 aliphatic rings. The van der Waals surface area contributed by atoms with E-state index in [-0.39, 0.29) is 25.3 Å². The van der Waals surface area contributed by atoms with Gasteiger partial charge in [0.1, 0.15) is 0 Å². The van der Waals surface area contributed by atoms with Gasteiger partial charge in [0.2, 0.25) is 0 Å². The second-order valence-electron chi connectivity index (χ2n) is 4.55. The van der Waals surface area contributed by atoms with Crippen LogP contribution in [0.4, 0.5) is 18.9 Å². The Bertz CT molecular complexity index is 490. The number of para-hydroxylation sites is 1. The maximum atomic E-state index is 13.0. The molecule has 1 saturated heterocycles. The molecule has 1 aromatic rings. The Morgan fingerprint density at radius 2 is 2.10 bits per heavy atom. The predicted octanol–water partition coefficient (Wildman–Crippen LogP) is 2.39. The van der Waals surface area contributed by atoms with Crippen LogP contribution in [-0.4, -0.2) is 36.9 Å². The lowest BCUT2D eigenvalue weighted by molar-refractivity contribution is -0.141. The van der Waals surface area contributed by atoms with E-state index in [0.29, 0.717) is 6.54 Å². The van der Waals surface area contributed by atoms with E-state index in [0.717, 1.165) is 6.07 Å². The van der Waals surface area contributed by atoms with Crippen molar-refractivity contribution in [3.8, 4) is 0 Å². The minimum Gasteiger partial charge on any atom is -0.481 e. The van der Waals surface area contributed by atoms with Crippen molar-refractivity contribution in [3.05, 3.63) is 29.8 Å². The zero-order valence-electron chi connectivity index (χ0n) is 10.6. The average molecular weight is 289 g/mol. The molecule has 0 radical (unpaired) electrons. The Morgan fingerprint density at radius 1 is 1.40 bits per heavy atom. The van der Waals surface area contributed by atoms with E-state index < -0.39 is 23.8 Å². The van der Waals surface area contributed by atoms with Gasteiger partial charge in [0, 0.05) is 18.8 Å². The van der Waals surface area contributed by atoms with Gasteiger partial charge in [-0.05, 0) is 12.1 Å². The van der Waals surface area contributed by atoms with Crippen LogP contribution in [0.5, 0.6) is 0 Å². The van der Waals surface area contributed by atoms with E-state index in [1.54, 1.807) is 0 Å². The fraction of sp³-hybridized carbons (Fsp3) is 0.462. The number of benzene rings is 1. The Morgan fingerprint density at radius 3 is 2.75 bits per heavy atom. The van der Waals surface area contributed by atoms with Crippen molar-refractivity contribution in [1.29, 1.82) is 0 Å². The van der Waals surface area contributed by atoms with E-state index in [1.807, 2.05) is 0 Å². The molecule has 1 heterocycles. The number of carboxylic acid groups (broad SMARTS) is 1. The summed E-state index contributed by atoms with van der Waals surface area (Å²) in [7, 11) is 0. The normalized spacial score (nSPS) is 19.9. The van der Waals surface area contributed by atoms with Gasteiger partial charge in [-0.1, -0.05) is 12.1 Å². The van der Waals surface area contributed by atoms with Crippen LogP contribution in [0.25, 0.3) is 0 Å². The third-order valence-electron chi connectivity index (χ3n) is 3.09. The fourth-order valence-corrected chi connectivity index (χ4v) is 2.25. The van der Waals surface area contributed by atoms with Crippen LogP contribution in [0.2, 0.25) is 0 Å². The summed E-state index contributed by atoms with van der Waals surface area (Å²) in [5.41, 5.74) is -0.644. The molecule has 1 N–H and O–H groups in total. The van der Waals surface area contributed by atoms with Crippen LogP contribution in [0.3, 0.4) is 0 Å². The largest absolute Gasteiger partial charge is 0.481 e. The summed E-state index contributed by atoms with van der Waals surface area (Å²) in [6.45, 7) is 0.659. The van der Waals surface area contributed by atoms with Gasteiger partial charge >= 0.3 is 12.1 Å². The molecular formula is C13H14F3NO3. The predicted molar refractivity (Wildman–Crippen MR) is 65.6 cm³/mol. The van der Waals surface area contributed by atoms with Crippen LogP contribution in [-0.2, 0) is 15.7 Å². The van der Waals surface area contributed by atoms with Crippen molar-refractivity contribution in [3.63, 3.8) is 0 Å². The number of nitrogens with zero attached hydrogens (tertiary/aromatic N) is 1. The Hall–Kier alpha value is -1.76. The van der Waals surface area contributed by atoms with E-state index in [2.05, 4.69) is 0 Å². The van der Waals surface area contributed by atoms with Gasteiger partial charge < -0.3 is 14.7 Å². The molecule has 0 amide bonds. The zero-order valence-corrected chi connectivity index (χ0v) is 10.6. The maximum Gasteiger partial charge on any atom is 0.418 e. The first-order chi connectivity index (χ1) is 9.38. The highest BCUT2D eigenvalue weighted by Crippen LogP contribution is 2.36. The number of rotatable bonds is 3. The molecule has 1 aromatic carbocycles. The Balaban J connectivity index is 2.21. The first-order valence-corrected chi connectivity index (χ1v) is 6.12. The second-order valence-corrected chi connectivity index (χ2v) is 4.55. The van der Waals surface area contributed by atoms with Crippen molar-refractivity contribution in [1.82, 2.24) is 0 Å². The quantitative estimate of drug-likeness (QED) is 0.928.